The van der Waals surface area contributed by atoms with E-state index in [-0.39, 0.29) is 17.3 Å². The molecule has 0 spiro atoms. The molecule has 2 aromatic rings. The summed E-state index contributed by atoms with van der Waals surface area (Å²) in [5.74, 6) is -0.440. The second-order valence-corrected chi connectivity index (χ2v) is 10.5. The molecule has 1 heterocycles. The van der Waals surface area contributed by atoms with Gasteiger partial charge in [0.2, 0.25) is 15.9 Å². The number of rotatable bonds is 8. The summed E-state index contributed by atoms with van der Waals surface area (Å²) in [5, 5.41) is 3.34. The molecule has 1 atom stereocenters. The smallest absolute Gasteiger partial charge is 0.243 e. The van der Waals surface area contributed by atoms with E-state index in [2.05, 4.69) is 16.3 Å². The molecule has 0 bridgehead atoms. The first-order valence-electron chi connectivity index (χ1n) is 10.3. The quantitative estimate of drug-likeness (QED) is 0.602. The number of ether oxygens (including phenoxy) is 1. The number of sulfonamides is 1. The third kappa shape index (κ3) is 6.59. The van der Waals surface area contributed by atoms with Gasteiger partial charge in [0.1, 0.15) is 6.04 Å². The molecule has 2 aromatic carbocycles. The molecule has 10 heteroatoms. The largest absolute Gasteiger partial charge is 0.379 e. The number of benzene rings is 2. The van der Waals surface area contributed by atoms with Crippen LogP contribution in [0.3, 0.4) is 0 Å². The van der Waals surface area contributed by atoms with E-state index in [0.29, 0.717) is 5.02 Å². The van der Waals surface area contributed by atoms with Gasteiger partial charge in [0.05, 0.1) is 30.2 Å². The minimum Gasteiger partial charge on any atom is -0.379 e. The topological polar surface area (TPSA) is 79.0 Å². The van der Waals surface area contributed by atoms with Crippen molar-refractivity contribution in [1.82, 2.24) is 10.2 Å². The van der Waals surface area contributed by atoms with Crippen molar-refractivity contribution in [3.05, 3.63) is 63.6 Å². The number of anilines is 1. The lowest BCUT2D eigenvalue weighted by Gasteiger charge is -2.29. The van der Waals surface area contributed by atoms with E-state index < -0.39 is 22.0 Å². The van der Waals surface area contributed by atoms with Crippen LogP contribution in [0.5, 0.6) is 0 Å². The number of morpholine rings is 1. The van der Waals surface area contributed by atoms with Crippen molar-refractivity contribution in [2.45, 2.75) is 26.1 Å². The van der Waals surface area contributed by atoms with Gasteiger partial charge in [0.25, 0.3) is 0 Å². The predicted octanol–water partition coefficient (Wildman–Crippen LogP) is 3.30. The van der Waals surface area contributed by atoms with Gasteiger partial charge in [-0.3, -0.25) is 14.0 Å². The molecular formula is C22H27Cl2N3O4S. The summed E-state index contributed by atoms with van der Waals surface area (Å²) in [5.41, 5.74) is 2.25. The van der Waals surface area contributed by atoms with E-state index in [0.717, 1.165) is 54.5 Å². The molecule has 0 unspecified atom stereocenters. The Morgan fingerprint density at radius 1 is 1.16 bits per heavy atom. The van der Waals surface area contributed by atoms with Crippen LogP contribution in [0.2, 0.25) is 10.0 Å². The van der Waals surface area contributed by atoms with E-state index in [1.807, 2.05) is 18.2 Å². The number of amides is 1. The van der Waals surface area contributed by atoms with Crippen molar-refractivity contribution < 1.29 is 17.9 Å². The number of hydrogen-bond acceptors (Lipinski definition) is 5. The van der Waals surface area contributed by atoms with Crippen LogP contribution in [0, 0.1) is 0 Å². The predicted molar refractivity (Wildman–Crippen MR) is 128 cm³/mol. The van der Waals surface area contributed by atoms with Crippen LogP contribution >= 0.6 is 23.2 Å². The highest BCUT2D eigenvalue weighted by molar-refractivity contribution is 7.92. The van der Waals surface area contributed by atoms with Gasteiger partial charge in [-0.1, -0.05) is 47.5 Å². The summed E-state index contributed by atoms with van der Waals surface area (Å²) < 4.78 is 31.3. The fraction of sp³-hybridized carbons (Fsp3) is 0.409. The molecule has 3 rings (SSSR count). The second-order valence-electron chi connectivity index (χ2n) is 7.76. The number of nitrogens with zero attached hydrogens (tertiary/aromatic N) is 2. The van der Waals surface area contributed by atoms with E-state index in [9.17, 15) is 13.2 Å². The third-order valence-electron chi connectivity index (χ3n) is 5.20. The summed E-state index contributed by atoms with van der Waals surface area (Å²) in [6, 6.07) is 11.5. The molecule has 1 fully saturated rings. The summed E-state index contributed by atoms with van der Waals surface area (Å²) in [6.45, 7) is 5.88. The van der Waals surface area contributed by atoms with Crippen LogP contribution in [0.15, 0.2) is 42.5 Å². The van der Waals surface area contributed by atoms with Gasteiger partial charge >= 0.3 is 0 Å². The monoisotopic (exact) mass is 499 g/mol. The zero-order chi connectivity index (χ0) is 23.3. The van der Waals surface area contributed by atoms with Gasteiger partial charge in [-0.25, -0.2) is 8.42 Å². The molecule has 0 radical (unpaired) electrons. The first-order chi connectivity index (χ1) is 15.1. The van der Waals surface area contributed by atoms with Crippen molar-refractivity contribution in [3.8, 4) is 0 Å². The van der Waals surface area contributed by atoms with E-state index in [4.69, 9.17) is 27.9 Å². The van der Waals surface area contributed by atoms with Crippen molar-refractivity contribution >= 4 is 44.8 Å². The average molecular weight is 500 g/mol. The van der Waals surface area contributed by atoms with Crippen molar-refractivity contribution in [3.63, 3.8) is 0 Å². The lowest BCUT2D eigenvalue weighted by atomic mass is 10.1. The maximum absolute atomic E-state index is 12.9. The molecule has 1 N–H and O–H groups in total. The number of hydrogen-bond donors (Lipinski definition) is 1. The highest BCUT2D eigenvalue weighted by atomic mass is 35.5. The zero-order valence-corrected chi connectivity index (χ0v) is 20.4. The fourth-order valence-corrected chi connectivity index (χ4v) is 5.23. The van der Waals surface area contributed by atoms with Gasteiger partial charge in [0, 0.05) is 31.2 Å². The summed E-state index contributed by atoms with van der Waals surface area (Å²) in [7, 11) is -3.79. The highest BCUT2D eigenvalue weighted by Gasteiger charge is 2.30. The maximum atomic E-state index is 12.9. The second kappa shape index (κ2) is 10.9. The van der Waals surface area contributed by atoms with Gasteiger partial charge in [-0.15, -0.1) is 0 Å². The Labute approximate surface area is 199 Å². The van der Waals surface area contributed by atoms with E-state index in [1.54, 1.807) is 6.07 Å². The number of carbonyl (C=O) groups excluding carboxylic acids is 1. The van der Waals surface area contributed by atoms with Crippen LogP contribution in [0.4, 0.5) is 5.69 Å². The molecule has 1 aliphatic heterocycles. The lowest BCUT2D eigenvalue weighted by molar-refractivity contribution is -0.122. The Bertz CT molecular complexity index is 1060. The normalized spacial score (nSPS) is 15.9. The van der Waals surface area contributed by atoms with Gasteiger partial charge in [0.15, 0.2) is 0 Å². The summed E-state index contributed by atoms with van der Waals surface area (Å²) in [6.07, 6.45) is 1.03. The molecule has 0 aromatic heterocycles. The fourth-order valence-electron chi connectivity index (χ4n) is 3.63. The van der Waals surface area contributed by atoms with E-state index >= 15 is 0 Å². The Balaban J connectivity index is 1.69. The molecular weight excluding hydrogens is 473 g/mol. The Morgan fingerprint density at radius 3 is 2.53 bits per heavy atom. The highest BCUT2D eigenvalue weighted by Crippen LogP contribution is 2.32. The molecule has 174 valence electrons. The molecule has 0 saturated carbocycles. The summed E-state index contributed by atoms with van der Waals surface area (Å²) >= 11 is 12.2. The van der Waals surface area contributed by atoms with Crippen LogP contribution in [-0.4, -0.2) is 57.8 Å². The Kier molecular flexibility index (Phi) is 8.41. The minimum absolute atomic E-state index is 0.164. The first kappa shape index (κ1) is 24.8. The van der Waals surface area contributed by atoms with Crippen LogP contribution < -0.4 is 9.62 Å². The van der Waals surface area contributed by atoms with Crippen molar-refractivity contribution in [2.24, 2.45) is 0 Å². The molecule has 1 saturated heterocycles. The number of nitrogens with one attached hydrogen (secondary N) is 1. The standard InChI is InChI=1S/C22H27Cl2N3O4S/c1-16(27(32(2,29)30)21-13-19(23)6-7-20(21)24)22(28)25-14-17-4-3-5-18(12-17)15-26-8-10-31-11-9-26/h3-7,12-13,16H,8-11,14-15H2,1-2H3,(H,25,28)/t16-/m0/s1. The van der Waals surface area contributed by atoms with Crippen LogP contribution in [-0.2, 0) is 32.6 Å². The van der Waals surface area contributed by atoms with Crippen LogP contribution in [0.1, 0.15) is 18.1 Å². The Hall–Kier alpha value is -1.84. The summed E-state index contributed by atoms with van der Waals surface area (Å²) in [4.78, 5) is 15.2. The molecule has 7 nitrogen and oxygen atoms in total. The minimum atomic E-state index is -3.79. The maximum Gasteiger partial charge on any atom is 0.243 e. The molecule has 1 amide bonds. The van der Waals surface area contributed by atoms with Gasteiger partial charge in [-0.05, 0) is 36.2 Å². The number of carbonyl (C=O) groups is 1. The lowest BCUT2D eigenvalue weighted by Crippen LogP contribution is -2.47. The average Bonchev–Trinajstić information content (AvgIpc) is 2.74. The van der Waals surface area contributed by atoms with Gasteiger partial charge < -0.3 is 10.1 Å². The van der Waals surface area contributed by atoms with Crippen molar-refractivity contribution in [1.29, 1.82) is 0 Å². The van der Waals surface area contributed by atoms with Gasteiger partial charge in [-0.2, -0.15) is 0 Å². The Morgan fingerprint density at radius 2 is 1.84 bits per heavy atom. The molecule has 1 aliphatic rings. The van der Waals surface area contributed by atoms with Crippen molar-refractivity contribution in [2.75, 3.05) is 36.9 Å². The molecule has 32 heavy (non-hydrogen) atoms. The SMILES string of the molecule is C[C@@H](C(=O)NCc1cccc(CN2CCOCC2)c1)N(c1cc(Cl)ccc1Cl)S(C)(=O)=O. The zero-order valence-electron chi connectivity index (χ0n) is 18.1. The number of halogens is 2. The first-order valence-corrected chi connectivity index (χ1v) is 12.9. The van der Waals surface area contributed by atoms with Crippen LogP contribution in [0.25, 0.3) is 0 Å². The van der Waals surface area contributed by atoms with E-state index in [1.165, 1.54) is 19.1 Å². The third-order valence-corrected chi connectivity index (χ3v) is 6.98. The molecule has 0 aliphatic carbocycles.